The topological polar surface area (TPSA) is 56.3 Å². The van der Waals surface area contributed by atoms with Crippen LogP contribution >= 0.6 is 0 Å². The van der Waals surface area contributed by atoms with Gasteiger partial charge in [-0.05, 0) is 19.2 Å². The third-order valence-corrected chi connectivity index (χ3v) is 2.17. The molecule has 4 N–H and O–H groups in total. The lowest BCUT2D eigenvalue weighted by molar-refractivity contribution is 0.166. The molecule has 2 atom stereocenters. The van der Waals surface area contributed by atoms with E-state index in [1.165, 1.54) is 0 Å². The Labute approximate surface area is 77.0 Å². The van der Waals surface area contributed by atoms with Crippen LogP contribution in [0.2, 0.25) is 0 Å². The van der Waals surface area contributed by atoms with E-state index in [2.05, 4.69) is 16.0 Å². The lowest BCUT2D eigenvalue weighted by Crippen LogP contribution is -2.50. The average Bonchev–Trinajstić information content (AvgIpc) is 2.17. The smallest absolute Gasteiger partial charge is 0.158 e. The lowest BCUT2D eigenvalue weighted by atomic mass is 10.2. The summed E-state index contributed by atoms with van der Waals surface area (Å²) in [4.78, 5) is 0. The van der Waals surface area contributed by atoms with E-state index in [9.17, 15) is 5.11 Å². The molecule has 2 unspecified atom stereocenters. The summed E-state index contributed by atoms with van der Waals surface area (Å²) in [6.45, 7) is 0. The number of fused-ring (bicyclic) bond motifs is 1. The minimum atomic E-state index is -0.597. The maximum Gasteiger partial charge on any atom is 0.158 e. The van der Waals surface area contributed by atoms with Gasteiger partial charge in [0.1, 0.15) is 6.17 Å². The fraction of sp³-hybridized carbons (Fsp3) is 0.333. The number of nitrogens with one attached hydrogen (secondary N) is 3. The second kappa shape index (κ2) is 3.24. The number of benzene rings is 1. The van der Waals surface area contributed by atoms with Crippen molar-refractivity contribution in [2.45, 2.75) is 12.4 Å². The van der Waals surface area contributed by atoms with Crippen molar-refractivity contribution in [1.82, 2.24) is 5.32 Å². The highest BCUT2D eigenvalue weighted by molar-refractivity contribution is 5.71. The second-order valence-electron chi connectivity index (χ2n) is 3.05. The molecule has 0 fully saturated rings. The molecular weight excluding hydrogens is 166 g/mol. The Bertz CT molecular complexity index is 303. The predicted molar refractivity (Wildman–Crippen MR) is 52.5 cm³/mol. The molecule has 1 aromatic rings. The van der Waals surface area contributed by atoms with Crippen LogP contribution in [-0.2, 0) is 0 Å². The number of rotatable bonds is 1. The largest absolute Gasteiger partial charge is 0.370 e. The van der Waals surface area contributed by atoms with Gasteiger partial charge in [0, 0.05) is 0 Å². The standard InChI is InChI=1S/C9H13N3O/c1-10-8-9(13)12-7-5-3-2-4-6(7)11-8/h2-5,8-13H,1H3. The third kappa shape index (κ3) is 1.46. The Morgan fingerprint density at radius 2 is 1.85 bits per heavy atom. The Balaban J connectivity index is 2.27. The van der Waals surface area contributed by atoms with Crippen molar-refractivity contribution in [1.29, 1.82) is 0 Å². The molecule has 70 valence electrons. The molecule has 4 heteroatoms. The van der Waals surface area contributed by atoms with Gasteiger partial charge in [-0.1, -0.05) is 12.1 Å². The predicted octanol–water partition coefficient (Wildman–Crippen LogP) is 0.388. The van der Waals surface area contributed by atoms with E-state index >= 15 is 0 Å². The first-order valence-electron chi connectivity index (χ1n) is 4.28. The van der Waals surface area contributed by atoms with Crippen LogP contribution in [0, 0.1) is 0 Å². The van der Waals surface area contributed by atoms with Gasteiger partial charge >= 0.3 is 0 Å². The molecule has 13 heavy (non-hydrogen) atoms. The minimum absolute atomic E-state index is 0.144. The fourth-order valence-corrected chi connectivity index (χ4v) is 1.45. The summed E-state index contributed by atoms with van der Waals surface area (Å²) in [5.41, 5.74) is 1.94. The number of anilines is 2. The molecular formula is C9H13N3O. The number of aliphatic hydroxyl groups excluding tert-OH is 1. The van der Waals surface area contributed by atoms with Crippen LogP contribution in [0.1, 0.15) is 0 Å². The summed E-state index contributed by atoms with van der Waals surface area (Å²) in [6.07, 6.45) is -0.741. The van der Waals surface area contributed by atoms with E-state index in [0.29, 0.717) is 0 Å². The van der Waals surface area contributed by atoms with Gasteiger partial charge in [0.15, 0.2) is 6.23 Å². The van der Waals surface area contributed by atoms with Crippen LogP contribution in [0.15, 0.2) is 24.3 Å². The Kier molecular flexibility index (Phi) is 2.08. The number of para-hydroxylation sites is 2. The molecule has 0 aromatic heterocycles. The highest BCUT2D eigenvalue weighted by atomic mass is 16.3. The molecule has 1 aliphatic heterocycles. The summed E-state index contributed by atoms with van der Waals surface area (Å²) < 4.78 is 0. The average molecular weight is 179 g/mol. The van der Waals surface area contributed by atoms with Crippen molar-refractivity contribution >= 4 is 11.4 Å². The first-order valence-corrected chi connectivity index (χ1v) is 4.28. The normalized spacial score (nSPS) is 25.7. The maximum absolute atomic E-state index is 9.58. The summed E-state index contributed by atoms with van der Waals surface area (Å²) in [7, 11) is 1.80. The lowest BCUT2D eigenvalue weighted by Gasteiger charge is -2.32. The van der Waals surface area contributed by atoms with Crippen LogP contribution in [0.25, 0.3) is 0 Å². The molecule has 1 aromatic carbocycles. The molecule has 0 radical (unpaired) electrons. The Hall–Kier alpha value is -1.26. The molecule has 4 nitrogen and oxygen atoms in total. The van der Waals surface area contributed by atoms with Crippen molar-refractivity contribution in [3.63, 3.8) is 0 Å². The minimum Gasteiger partial charge on any atom is -0.370 e. The van der Waals surface area contributed by atoms with Gasteiger partial charge in [0.05, 0.1) is 11.4 Å². The molecule has 0 saturated carbocycles. The fourth-order valence-electron chi connectivity index (χ4n) is 1.45. The molecule has 1 aliphatic rings. The molecule has 0 aliphatic carbocycles. The number of hydrogen-bond donors (Lipinski definition) is 4. The highest BCUT2D eigenvalue weighted by Gasteiger charge is 2.23. The first kappa shape index (κ1) is 8.34. The molecule has 0 bridgehead atoms. The van der Waals surface area contributed by atoms with E-state index in [1.54, 1.807) is 7.05 Å². The van der Waals surface area contributed by atoms with Crippen LogP contribution in [0.5, 0.6) is 0 Å². The van der Waals surface area contributed by atoms with Gasteiger partial charge in [0.25, 0.3) is 0 Å². The quantitative estimate of drug-likeness (QED) is 0.503. The van der Waals surface area contributed by atoms with E-state index in [1.807, 2.05) is 24.3 Å². The zero-order chi connectivity index (χ0) is 9.26. The molecule has 0 spiro atoms. The second-order valence-corrected chi connectivity index (χ2v) is 3.05. The number of hydrogen-bond acceptors (Lipinski definition) is 4. The molecule has 0 amide bonds. The van der Waals surface area contributed by atoms with Crippen molar-refractivity contribution < 1.29 is 5.11 Å². The third-order valence-electron chi connectivity index (χ3n) is 2.17. The number of likely N-dealkylation sites (N-methyl/N-ethyl adjacent to an activating group) is 1. The van der Waals surface area contributed by atoms with Crippen molar-refractivity contribution in [2.75, 3.05) is 17.7 Å². The molecule has 1 heterocycles. The van der Waals surface area contributed by atoms with Crippen LogP contribution in [0.3, 0.4) is 0 Å². The van der Waals surface area contributed by atoms with Crippen molar-refractivity contribution in [2.24, 2.45) is 0 Å². The van der Waals surface area contributed by atoms with E-state index < -0.39 is 6.23 Å². The highest BCUT2D eigenvalue weighted by Crippen LogP contribution is 2.26. The van der Waals surface area contributed by atoms with E-state index in [0.717, 1.165) is 11.4 Å². The van der Waals surface area contributed by atoms with Crippen LogP contribution in [-0.4, -0.2) is 24.5 Å². The van der Waals surface area contributed by atoms with E-state index in [4.69, 9.17) is 0 Å². The summed E-state index contributed by atoms with van der Waals surface area (Å²) in [6, 6.07) is 7.79. The summed E-state index contributed by atoms with van der Waals surface area (Å²) in [5, 5.41) is 18.7. The Morgan fingerprint density at radius 3 is 2.46 bits per heavy atom. The van der Waals surface area contributed by atoms with Crippen molar-refractivity contribution in [3.05, 3.63) is 24.3 Å². The monoisotopic (exact) mass is 179 g/mol. The zero-order valence-corrected chi connectivity index (χ0v) is 7.41. The SMILES string of the molecule is CNC1Nc2ccccc2NC1O. The summed E-state index contributed by atoms with van der Waals surface area (Å²) in [5.74, 6) is 0. The van der Waals surface area contributed by atoms with Gasteiger partial charge in [0.2, 0.25) is 0 Å². The van der Waals surface area contributed by atoms with Crippen molar-refractivity contribution in [3.8, 4) is 0 Å². The van der Waals surface area contributed by atoms with Crippen LogP contribution in [0.4, 0.5) is 11.4 Å². The molecule has 0 saturated heterocycles. The van der Waals surface area contributed by atoms with Gasteiger partial charge < -0.3 is 15.7 Å². The van der Waals surface area contributed by atoms with Gasteiger partial charge in [-0.15, -0.1) is 0 Å². The van der Waals surface area contributed by atoms with E-state index in [-0.39, 0.29) is 6.17 Å². The Morgan fingerprint density at radius 1 is 1.23 bits per heavy atom. The number of aliphatic hydroxyl groups is 1. The zero-order valence-electron chi connectivity index (χ0n) is 7.41. The summed E-state index contributed by atoms with van der Waals surface area (Å²) >= 11 is 0. The first-order chi connectivity index (χ1) is 6.31. The van der Waals surface area contributed by atoms with Crippen LogP contribution < -0.4 is 16.0 Å². The maximum atomic E-state index is 9.58. The van der Waals surface area contributed by atoms with Gasteiger partial charge in [-0.3, -0.25) is 5.32 Å². The van der Waals surface area contributed by atoms with Gasteiger partial charge in [-0.2, -0.15) is 0 Å². The van der Waals surface area contributed by atoms with Gasteiger partial charge in [-0.25, -0.2) is 0 Å². The molecule has 2 rings (SSSR count).